The molecule has 1 saturated heterocycles. The molecular weight excluding hydrogens is 294 g/mol. The van der Waals surface area contributed by atoms with Gasteiger partial charge in [0.1, 0.15) is 18.2 Å². The van der Waals surface area contributed by atoms with Crippen LogP contribution in [-0.2, 0) is 4.79 Å². The summed E-state index contributed by atoms with van der Waals surface area (Å²) in [6.07, 6.45) is 4.87. The van der Waals surface area contributed by atoms with Crippen molar-refractivity contribution in [2.45, 2.75) is 18.9 Å². The second-order valence-corrected chi connectivity index (χ2v) is 5.37. The van der Waals surface area contributed by atoms with Crippen molar-refractivity contribution in [3.05, 3.63) is 48.9 Å². The van der Waals surface area contributed by atoms with Gasteiger partial charge in [-0.3, -0.25) is 4.79 Å². The van der Waals surface area contributed by atoms with Gasteiger partial charge < -0.3 is 14.4 Å². The Bertz CT molecular complexity index is 621. The molecule has 0 radical (unpaired) electrons. The van der Waals surface area contributed by atoms with E-state index in [1.165, 1.54) is 6.33 Å². The van der Waals surface area contributed by atoms with E-state index < -0.39 is 0 Å². The molecule has 0 spiro atoms. The number of benzene rings is 1. The molecule has 1 aliphatic heterocycles. The summed E-state index contributed by atoms with van der Waals surface area (Å²) in [7, 11) is 0. The summed E-state index contributed by atoms with van der Waals surface area (Å²) >= 11 is 0. The van der Waals surface area contributed by atoms with Crippen molar-refractivity contribution in [3.8, 4) is 11.6 Å². The molecule has 0 N–H and O–H groups in total. The SMILES string of the molecule is O=C(COc1ccccc1)N1CCCC(Oc2ccncn2)C1. The minimum absolute atomic E-state index is 0.0233. The molecule has 2 heterocycles. The number of aromatic nitrogens is 2. The number of para-hydroxylation sites is 1. The highest BCUT2D eigenvalue weighted by molar-refractivity contribution is 5.77. The molecule has 120 valence electrons. The first-order valence-corrected chi connectivity index (χ1v) is 7.69. The van der Waals surface area contributed by atoms with Crippen LogP contribution in [0.3, 0.4) is 0 Å². The largest absolute Gasteiger partial charge is 0.484 e. The van der Waals surface area contributed by atoms with Gasteiger partial charge in [0.25, 0.3) is 5.91 Å². The highest BCUT2D eigenvalue weighted by atomic mass is 16.5. The van der Waals surface area contributed by atoms with Gasteiger partial charge >= 0.3 is 0 Å². The van der Waals surface area contributed by atoms with Crippen LogP contribution in [0.2, 0.25) is 0 Å². The third-order valence-corrected chi connectivity index (χ3v) is 3.68. The zero-order valence-electron chi connectivity index (χ0n) is 12.8. The maximum atomic E-state index is 12.3. The van der Waals surface area contributed by atoms with Crippen LogP contribution in [0.1, 0.15) is 12.8 Å². The highest BCUT2D eigenvalue weighted by Crippen LogP contribution is 2.16. The van der Waals surface area contributed by atoms with Crippen molar-refractivity contribution in [2.24, 2.45) is 0 Å². The third kappa shape index (κ3) is 4.42. The Morgan fingerprint density at radius 3 is 2.91 bits per heavy atom. The Hall–Kier alpha value is -2.63. The highest BCUT2D eigenvalue weighted by Gasteiger charge is 2.25. The first kappa shape index (κ1) is 15.3. The van der Waals surface area contributed by atoms with Crippen LogP contribution in [-0.4, -0.2) is 46.6 Å². The number of nitrogens with zero attached hydrogens (tertiary/aromatic N) is 3. The van der Waals surface area contributed by atoms with E-state index in [4.69, 9.17) is 9.47 Å². The topological polar surface area (TPSA) is 64.5 Å². The van der Waals surface area contributed by atoms with E-state index in [1.54, 1.807) is 17.2 Å². The molecule has 0 aliphatic carbocycles. The van der Waals surface area contributed by atoms with E-state index in [1.807, 2.05) is 30.3 Å². The molecule has 6 heteroatoms. The van der Waals surface area contributed by atoms with E-state index in [0.29, 0.717) is 18.2 Å². The molecule has 1 fully saturated rings. The predicted octanol–water partition coefficient (Wildman–Crippen LogP) is 1.93. The number of ether oxygens (including phenoxy) is 2. The molecule has 0 saturated carbocycles. The Kier molecular flexibility index (Phi) is 5.03. The standard InChI is InChI=1S/C17H19N3O3/c21-17(12-22-14-5-2-1-3-6-14)20-10-4-7-15(11-20)23-16-8-9-18-13-19-16/h1-3,5-6,8-9,13,15H,4,7,10-12H2. The van der Waals surface area contributed by atoms with Crippen LogP contribution >= 0.6 is 0 Å². The summed E-state index contributed by atoms with van der Waals surface area (Å²) in [4.78, 5) is 22.0. The smallest absolute Gasteiger partial charge is 0.260 e. The Balaban J connectivity index is 1.50. The molecule has 1 aromatic carbocycles. The molecule has 1 atom stereocenters. The van der Waals surface area contributed by atoms with Crippen LogP contribution in [0.4, 0.5) is 0 Å². The van der Waals surface area contributed by atoms with Gasteiger partial charge in [0.15, 0.2) is 6.61 Å². The first-order valence-electron chi connectivity index (χ1n) is 7.69. The second kappa shape index (κ2) is 7.58. The van der Waals surface area contributed by atoms with Gasteiger partial charge in [-0.15, -0.1) is 0 Å². The van der Waals surface area contributed by atoms with Gasteiger partial charge in [-0.25, -0.2) is 9.97 Å². The van der Waals surface area contributed by atoms with E-state index in [0.717, 1.165) is 19.4 Å². The minimum Gasteiger partial charge on any atom is -0.484 e. The quantitative estimate of drug-likeness (QED) is 0.844. The molecule has 23 heavy (non-hydrogen) atoms. The Morgan fingerprint density at radius 1 is 1.26 bits per heavy atom. The lowest BCUT2D eigenvalue weighted by atomic mass is 10.1. The van der Waals surface area contributed by atoms with Crippen LogP contribution in [0.25, 0.3) is 0 Å². The fourth-order valence-corrected chi connectivity index (χ4v) is 2.53. The van der Waals surface area contributed by atoms with Crippen molar-refractivity contribution < 1.29 is 14.3 Å². The van der Waals surface area contributed by atoms with Crippen molar-refractivity contribution in [1.82, 2.24) is 14.9 Å². The van der Waals surface area contributed by atoms with E-state index >= 15 is 0 Å². The van der Waals surface area contributed by atoms with Crippen molar-refractivity contribution in [3.63, 3.8) is 0 Å². The zero-order chi connectivity index (χ0) is 15.9. The molecule has 1 unspecified atom stereocenters. The van der Waals surface area contributed by atoms with Gasteiger partial charge in [-0.2, -0.15) is 0 Å². The maximum absolute atomic E-state index is 12.3. The Labute approximate surface area is 135 Å². The molecule has 2 aromatic rings. The number of hydrogen-bond donors (Lipinski definition) is 0. The second-order valence-electron chi connectivity index (χ2n) is 5.37. The molecule has 1 aromatic heterocycles. The minimum atomic E-state index is -0.0423. The van der Waals surface area contributed by atoms with Crippen LogP contribution in [0.5, 0.6) is 11.6 Å². The lowest BCUT2D eigenvalue weighted by Crippen LogP contribution is -2.46. The predicted molar refractivity (Wildman–Crippen MR) is 84.2 cm³/mol. The molecule has 1 amide bonds. The van der Waals surface area contributed by atoms with Crippen LogP contribution in [0, 0.1) is 0 Å². The summed E-state index contributed by atoms with van der Waals surface area (Å²) in [6, 6.07) is 11.1. The molecule has 3 rings (SSSR count). The number of carbonyl (C=O) groups excluding carboxylic acids is 1. The van der Waals surface area contributed by atoms with Gasteiger partial charge in [0.05, 0.1) is 6.54 Å². The lowest BCUT2D eigenvalue weighted by molar-refractivity contribution is -0.136. The van der Waals surface area contributed by atoms with Crippen LogP contribution in [0.15, 0.2) is 48.9 Å². The van der Waals surface area contributed by atoms with E-state index in [2.05, 4.69) is 9.97 Å². The summed E-state index contributed by atoms with van der Waals surface area (Å²) in [5, 5.41) is 0. The fraction of sp³-hybridized carbons (Fsp3) is 0.353. The van der Waals surface area contributed by atoms with Crippen molar-refractivity contribution in [2.75, 3.05) is 19.7 Å². The van der Waals surface area contributed by atoms with Gasteiger partial charge in [0.2, 0.25) is 5.88 Å². The number of hydrogen-bond acceptors (Lipinski definition) is 5. The summed E-state index contributed by atoms with van der Waals surface area (Å²) in [5.74, 6) is 1.22. The molecular formula is C17H19N3O3. The third-order valence-electron chi connectivity index (χ3n) is 3.68. The molecule has 0 bridgehead atoms. The van der Waals surface area contributed by atoms with E-state index in [9.17, 15) is 4.79 Å². The van der Waals surface area contributed by atoms with E-state index in [-0.39, 0.29) is 18.6 Å². The normalized spacial score (nSPS) is 17.6. The first-order chi connectivity index (χ1) is 11.3. The number of carbonyl (C=O) groups is 1. The number of amides is 1. The number of likely N-dealkylation sites (tertiary alicyclic amines) is 1. The average molecular weight is 313 g/mol. The summed E-state index contributed by atoms with van der Waals surface area (Å²) in [5.41, 5.74) is 0. The number of piperidine rings is 1. The van der Waals surface area contributed by atoms with Crippen molar-refractivity contribution in [1.29, 1.82) is 0 Å². The fourth-order valence-electron chi connectivity index (χ4n) is 2.53. The monoisotopic (exact) mass is 313 g/mol. The van der Waals surface area contributed by atoms with Gasteiger partial charge in [-0.05, 0) is 25.0 Å². The zero-order valence-corrected chi connectivity index (χ0v) is 12.8. The maximum Gasteiger partial charge on any atom is 0.260 e. The molecule has 6 nitrogen and oxygen atoms in total. The number of rotatable bonds is 5. The average Bonchev–Trinajstić information content (AvgIpc) is 2.62. The van der Waals surface area contributed by atoms with Gasteiger partial charge in [-0.1, -0.05) is 18.2 Å². The summed E-state index contributed by atoms with van der Waals surface area (Å²) < 4.78 is 11.3. The van der Waals surface area contributed by atoms with Gasteiger partial charge in [0, 0.05) is 18.8 Å². The molecule has 1 aliphatic rings. The summed E-state index contributed by atoms with van der Waals surface area (Å²) in [6.45, 7) is 1.34. The Morgan fingerprint density at radius 2 is 2.13 bits per heavy atom. The van der Waals surface area contributed by atoms with Crippen LogP contribution < -0.4 is 9.47 Å². The lowest BCUT2D eigenvalue weighted by Gasteiger charge is -2.32. The van der Waals surface area contributed by atoms with Crippen molar-refractivity contribution >= 4 is 5.91 Å².